The largest absolute Gasteiger partial charge is 0.492 e. The Balaban J connectivity index is 1.30. The van der Waals surface area contributed by atoms with Crippen LogP contribution in [0.2, 0.25) is 0 Å². The molecular formula is C37H41N7O9S. The van der Waals surface area contributed by atoms with Crippen LogP contribution in [0.1, 0.15) is 30.9 Å². The second-order valence-corrected chi connectivity index (χ2v) is 15.3. The van der Waals surface area contributed by atoms with Crippen LogP contribution in [0.3, 0.4) is 0 Å². The lowest BCUT2D eigenvalue weighted by Gasteiger charge is -2.25. The number of hydrogen-bond acceptors (Lipinski definition) is 9. The van der Waals surface area contributed by atoms with Crippen LogP contribution in [0.15, 0.2) is 87.3 Å². The van der Waals surface area contributed by atoms with Crippen molar-refractivity contribution in [1.29, 1.82) is 0 Å². The number of nitrogens with one attached hydrogen (secondary N) is 5. The summed E-state index contributed by atoms with van der Waals surface area (Å²) in [6.45, 7) is 1.67. The van der Waals surface area contributed by atoms with E-state index in [0.29, 0.717) is 24.2 Å². The molecule has 3 atom stereocenters. The van der Waals surface area contributed by atoms with Crippen molar-refractivity contribution >= 4 is 44.6 Å². The fourth-order valence-corrected chi connectivity index (χ4v) is 7.46. The van der Waals surface area contributed by atoms with Gasteiger partial charge >= 0.3 is 5.69 Å². The molecule has 284 valence electrons. The average molecular weight is 760 g/mol. The first-order valence-electron chi connectivity index (χ1n) is 17.4. The van der Waals surface area contributed by atoms with E-state index in [1.807, 2.05) is 6.07 Å². The van der Waals surface area contributed by atoms with Crippen LogP contribution in [-0.4, -0.2) is 78.0 Å². The van der Waals surface area contributed by atoms with E-state index < -0.39 is 62.7 Å². The van der Waals surface area contributed by atoms with Gasteiger partial charge in [0, 0.05) is 20.5 Å². The van der Waals surface area contributed by atoms with Gasteiger partial charge in [-0.05, 0) is 67.6 Å². The molecule has 4 aromatic rings. The summed E-state index contributed by atoms with van der Waals surface area (Å²) >= 11 is 0. The Labute approximate surface area is 310 Å². The molecule has 3 aromatic carbocycles. The van der Waals surface area contributed by atoms with Gasteiger partial charge in [-0.1, -0.05) is 42.5 Å². The molecule has 0 unspecified atom stereocenters. The van der Waals surface area contributed by atoms with Crippen LogP contribution < -0.4 is 42.0 Å². The molecule has 17 heteroatoms. The summed E-state index contributed by atoms with van der Waals surface area (Å²) in [6, 6.07) is 15.4. The van der Waals surface area contributed by atoms with Crippen LogP contribution in [0.4, 0.5) is 0 Å². The zero-order valence-corrected chi connectivity index (χ0v) is 30.7. The zero-order valence-electron chi connectivity index (χ0n) is 29.9. The number of ether oxygens (including phenoxy) is 1. The predicted molar refractivity (Wildman–Crippen MR) is 197 cm³/mol. The summed E-state index contributed by atoms with van der Waals surface area (Å²) in [4.78, 5) is 79.2. The molecule has 54 heavy (non-hydrogen) atoms. The highest BCUT2D eigenvalue weighted by Crippen LogP contribution is 2.35. The van der Waals surface area contributed by atoms with Crippen LogP contribution in [-0.2, 0) is 56.1 Å². The van der Waals surface area contributed by atoms with Crippen molar-refractivity contribution in [2.45, 2.75) is 61.2 Å². The van der Waals surface area contributed by atoms with E-state index in [0.717, 1.165) is 16.2 Å². The molecule has 2 aliphatic heterocycles. The molecule has 7 rings (SSSR count). The van der Waals surface area contributed by atoms with Gasteiger partial charge in [0.15, 0.2) is 0 Å². The smallest absolute Gasteiger partial charge is 0.330 e. The molecule has 3 aliphatic rings. The molecule has 1 saturated carbocycles. The second-order valence-electron chi connectivity index (χ2n) is 13.6. The van der Waals surface area contributed by atoms with Crippen LogP contribution in [0.5, 0.6) is 5.75 Å². The average Bonchev–Trinajstić information content (AvgIpc) is 3.94. The molecule has 2 bridgehead atoms. The number of rotatable bonds is 5. The third-order valence-corrected chi connectivity index (χ3v) is 11.1. The number of fused-ring (bicyclic) bond motifs is 16. The Morgan fingerprint density at radius 3 is 2.24 bits per heavy atom. The highest BCUT2D eigenvalue weighted by molar-refractivity contribution is 7.89. The second kappa shape index (κ2) is 15.3. The maximum Gasteiger partial charge on any atom is 0.330 e. The molecule has 0 saturated heterocycles. The van der Waals surface area contributed by atoms with Crippen molar-refractivity contribution in [3.8, 4) is 5.75 Å². The number of benzene rings is 3. The molecular weight excluding hydrogens is 719 g/mol. The summed E-state index contributed by atoms with van der Waals surface area (Å²) in [5, 5.41) is 10.9. The van der Waals surface area contributed by atoms with E-state index in [1.165, 1.54) is 37.7 Å². The predicted octanol–water partition coefficient (Wildman–Crippen LogP) is -0.484. The van der Waals surface area contributed by atoms with Gasteiger partial charge in [-0.3, -0.25) is 33.1 Å². The Bertz CT molecular complexity index is 2340. The SMILES string of the molecule is C[C@@H]1NC(=O)[C@@H](NS(=O)(=O)c2ccc3c(c2)c(=O)n(C)c(=O)n3C)Cc2ccc(cc2)OCCNC(=O)C2(CC2)NC(=O)[C@@H](Cc2ccccc2)NC1=O. The molecule has 1 fully saturated rings. The number of aryl methyl sites for hydroxylation is 1. The fourth-order valence-electron chi connectivity index (χ4n) is 6.24. The number of nitrogens with zero attached hydrogens (tertiary/aromatic N) is 2. The molecule has 1 aromatic heterocycles. The number of carbonyl (C=O) groups excluding carboxylic acids is 4. The Hall–Kier alpha value is -5.81. The summed E-state index contributed by atoms with van der Waals surface area (Å²) in [5.41, 5.74) is -0.897. The Morgan fingerprint density at radius 1 is 0.852 bits per heavy atom. The first-order chi connectivity index (χ1) is 25.7. The van der Waals surface area contributed by atoms with Gasteiger partial charge < -0.3 is 26.0 Å². The Kier molecular flexibility index (Phi) is 10.7. The van der Waals surface area contributed by atoms with Crippen LogP contribution in [0, 0.1) is 0 Å². The highest BCUT2D eigenvalue weighted by Gasteiger charge is 2.51. The monoisotopic (exact) mass is 759 g/mol. The minimum Gasteiger partial charge on any atom is -0.492 e. The van der Waals surface area contributed by atoms with Crippen molar-refractivity contribution in [2.75, 3.05) is 13.2 Å². The maximum atomic E-state index is 13.9. The minimum atomic E-state index is -4.48. The van der Waals surface area contributed by atoms with E-state index in [1.54, 1.807) is 48.5 Å². The third kappa shape index (κ3) is 8.21. The van der Waals surface area contributed by atoms with E-state index in [2.05, 4.69) is 26.0 Å². The number of aromatic nitrogens is 2. The summed E-state index contributed by atoms with van der Waals surface area (Å²) in [5.74, 6) is -2.05. The van der Waals surface area contributed by atoms with Crippen molar-refractivity contribution in [3.63, 3.8) is 0 Å². The van der Waals surface area contributed by atoms with Gasteiger partial charge in [0.05, 0.1) is 22.3 Å². The van der Waals surface area contributed by atoms with Crippen molar-refractivity contribution in [3.05, 3.63) is 105 Å². The zero-order chi connectivity index (χ0) is 38.8. The fraction of sp³-hybridized carbons (Fsp3) is 0.351. The van der Waals surface area contributed by atoms with Gasteiger partial charge in [-0.2, -0.15) is 4.72 Å². The van der Waals surface area contributed by atoms with Crippen LogP contribution in [0.25, 0.3) is 10.9 Å². The van der Waals surface area contributed by atoms with Crippen molar-refractivity contribution < 1.29 is 32.3 Å². The maximum absolute atomic E-state index is 13.9. The van der Waals surface area contributed by atoms with E-state index in [4.69, 9.17) is 4.74 Å². The number of sulfonamides is 1. The van der Waals surface area contributed by atoms with Crippen molar-refractivity contribution in [1.82, 2.24) is 35.1 Å². The minimum absolute atomic E-state index is 0.0229. The molecule has 0 radical (unpaired) electrons. The summed E-state index contributed by atoms with van der Waals surface area (Å²) in [7, 11) is -1.74. The van der Waals surface area contributed by atoms with E-state index >= 15 is 0 Å². The van der Waals surface area contributed by atoms with Gasteiger partial charge in [-0.15, -0.1) is 0 Å². The molecule has 5 N–H and O–H groups in total. The topological polar surface area (TPSA) is 216 Å². The normalized spacial score (nSPS) is 21.1. The van der Waals surface area contributed by atoms with E-state index in [-0.39, 0.29) is 47.7 Å². The van der Waals surface area contributed by atoms with Gasteiger partial charge in [0.1, 0.15) is 36.0 Å². The van der Waals surface area contributed by atoms with Crippen molar-refractivity contribution in [2.24, 2.45) is 14.1 Å². The third-order valence-electron chi connectivity index (χ3n) is 9.60. The number of carbonyl (C=O) groups is 4. The standard InChI is InChI=1S/C37H41N7O9S/c1-22-31(45)40-28(19-23-7-5-4-6-8-23)33(47)41-37(15-16-37)35(49)38-17-18-53-25-11-9-24(10-12-25)20-29(32(46)39-22)42-54(51,52)26-13-14-30-27(21-26)34(48)44(3)36(50)43(30)2/h4-14,21-22,28-29,42H,15-20H2,1-3H3,(H,38,49)(H,39,46)(H,40,45)(H,41,47)/t22-,28+,29-/m0/s1. The quantitative estimate of drug-likeness (QED) is 0.166. The lowest BCUT2D eigenvalue weighted by Crippen LogP contribution is -2.59. The lowest BCUT2D eigenvalue weighted by molar-refractivity contribution is -0.134. The molecule has 3 heterocycles. The van der Waals surface area contributed by atoms with Crippen LogP contribution >= 0.6 is 0 Å². The highest BCUT2D eigenvalue weighted by atomic mass is 32.2. The molecule has 1 spiro atoms. The molecule has 4 amide bonds. The molecule has 1 aliphatic carbocycles. The lowest BCUT2D eigenvalue weighted by atomic mass is 10.0. The first-order valence-corrected chi connectivity index (χ1v) is 18.8. The summed E-state index contributed by atoms with van der Waals surface area (Å²) in [6.07, 6.45) is 0.767. The van der Waals surface area contributed by atoms with E-state index in [9.17, 15) is 37.2 Å². The van der Waals surface area contributed by atoms with Gasteiger partial charge in [0.2, 0.25) is 33.7 Å². The van der Waals surface area contributed by atoms with Gasteiger partial charge in [0.25, 0.3) is 5.56 Å². The number of hydrogen-bond donors (Lipinski definition) is 5. The van der Waals surface area contributed by atoms with Gasteiger partial charge in [-0.25, -0.2) is 13.2 Å². The Morgan fingerprint density at radius 2 is 1.56 bits per heavy atom. The number of amides is 4. The first kappa shape index (κ1) is 37.9. The molecule has 16 nitrogen and oxygen atoms in total. The summed E-state index contributed by atoms with van der Waals surface area (Å²) < 4.78 is 37.9.